The molecular formula is C15H24BrNO. The first-order chi connectivity index (χ1) is 8.76. The molecule has 0 aliphatic carbocycles. The van der Waals surface area contributed by atoms with Crippen molar-refractivity contribution in [1.29, 1.82) is 0 Å². The molecule has 0 heterocycles. The predicted molar refractivity (Wildman–Crippen MR) is 81.0 cm³/mol. The van der Waals surface area contributed by atoms with E-state index in [0.717, 1.165) is 37.1 Å². The van der Waals surface area contributed by atoms with Gasteiger partial charge in [-0.3, -0.25) is 0 Å². The van der Waals surface area contributed by atoms with Gasteiger partial charge in [0.25, 0.3) is 0 Å². The molecule has 18 heavy (non-hydrogen) atoms. The summed E-state index contributed by atoms with van der Waals surface area (Å²) < 4.78 is 6.55. The highest BCUT2D eigenvalue weighted by atomic mass is 79.9. The zero-order valence-electron chi connectivity index (χ0n) is 11.4. The van der Waals surface area contributed by atoms with E-state index in [-0.39, 0.29) is 0 Å². The number of ether oxygens (including phenoxy) is 1. The van der Waals surface area contributed by atoms with Crippen molar-refractivity contribution in [2.24, 2.45) is 5.92 Å². The fourth-order valence-electron chi connectivity index (χ4n) is 2.14. The summed E-state index contributed by atoms with van der Waals surface area (Å²) in [6.07, 6.45) is 3.51. The van der Waals surface area contributed by atoms with Crippen LogP contribution in [0, 0.1) is 5.92 Å². The Bertz CT molecular complexity index is 313. The summed E-state index contributed by atoms with van der Waals surface area (Å²) in [6.45, 7) is 4.83. The van der Waals surface area contributed by atoms with E-state index >= 15 is 0 Å². The lowest BCUT2D eigenvalue weighted by atomic mass is 9.95. The van der Waals surface area contributed by atoms with Crippen LogP contribution in [0.2, 0.25) is 0 Å². The number of nitrogens with one attached hydrogen (secondary N) is 1. The third kappa shape index (κ3) is 6.53. The Morgan fingerprint density at radius 1 is 1.28 bits per heavy atom. The molecule has 0 saturated heterocycles. The summed E-state index contributed by atoms with van der Waals surface area (Å²) in [5.41, 5.74) is 1.41. The van der Waals surface area contributed by atoms with Crippen LogP contribution in [0.5, 0.6) is 0 Å². The number of rotatable bonds is 9. The molecule has 1 N–H and O–H groups in total. The average Bonchev–Trinajstić information content (AvgIpc) is 2.37. The lowest BCUT2D eigenvalue weighted by Gasteiger charge is -2.16. The van der Waals surface area contributed by atoms with Gasteiger partial charge in [0.1, 0.15) is 0 Å². The van der Waals surface area contributed by atoms with Crippen LogP contribution in [-0.4, -0.2) is 26.8 Å². The molecule has 0 saturated carbocycles. The van der Waals surface area contributed by atoms with Gasteiger partial charge >= 0.3 is 0 Å². The SMILES string of the molecule is CCOCCCC(CNC)Cc1ccc(Br)cc1. The van der Waals surface area contributed by atoms with Gasteiger partial charge in [0.15, 0.2) is 0 Å². The fourth-order valence-corrected chi connectivity index (χ4v) is 2.40. The summed E-state index contributed by atoms with van der Waals surface area (Å²) >= 11 is 3.47. The summed E-state index contributed by atoms with van der Waals surface area (Å²) in [6, 6.07) is 8.64. The molecule has 3 heteroatoms. The van der Waals surface area contributed by atoms with Gasteiger partial charge in [-0.05, 0) is 63.4 Å². The van der Waals surface area contributed by atoms with Crippen molar-refractivity contribution in [3.8, 4) is 0 Å². The highest BCUT2D eigenvalue weighted by Gasteiger charge is 2.08. The molecule has 0 amide bonds. The Kier molecular flexibility index (Phi) is 8.31. The van der Waals surface area contributed by atoms with Gasteiger partial charge < -0.3 is 10.1 Å². The largest absolute Gasteiger partial charge is 0.382 e. The van der Waals surface area contributed by atoms with Gasteiger partial charge in [-0.1, -0.05) is 28.1 Å². The molecule has 2 nitrogen and oxygen atoms in total. The number of hydrogen-bond acceptors (Lipinski definition) is 2. The Labute approximate surface area is 119 Å². The Balaban J connectivity index is 2.38. The second kappa shape index (κ2) is 9.54. The van der Waals surface area contributed by atoms with Gasteiger partial charge in [0, 0.05) is 17.7 Å². The zero-order valence-corrected chi connectivity index (χ0v) is 13.0. The van der Waals surface area contributed by atoms with Crippen LogP contribution in [-0.2, 0) is 11.2 Å². The standard InChI is InChI=1S/C15H24BrNO/c1-3-18-10-4-5-14(12-17-2)11-13-6-8-15(16)9-7-13/h6-9,14,17H,3-5,10-12H2,1-2H3. The van der Waals surface area contributed by atoms with Crippen LogP contribution in [0.1, 0.15) is 25.3 Å². The van der Waals surface area contributed by atoms with E-state index in [0.29, 0.717) is 5.92 Å². The van der Waals surface area contributed by atoms with Gasteiger partial charge in [-0.2, -0.15) is 0 Å². The van der Waals surface area contributed by atoms with Crippen LogP contribution in [0.25, 0.3) is 0 Å². The van der Waals surface area contributed by atoms with Crippen LogP contribution in [0.3, 0.4) is 0 Å². The fraction of sp³-hybridized carbons (Fsp3) is 0.600. The molecule has 102 valence electrons. The van der Waals surface area contributed by atoms with E-state index in [2.05, 4.69) is 45.5 Å². The predicted octanol–water partition coefficient (Wildman–Crippen LogP) is 3.64. The quantitative estimate of drug-likeness (QED) is 0.703. The van der Waals surface area contributed by atoms with Crippen LogP contribution < -0.4 is 5.32 Å². The van der Waals surface area contributed by atoms with Crippen LogP contribution in [0.4, 0.5) is 0 Å². The van der Waals surface area contributed by atoms with Gasteiger partial charge in [0.05, 0.1) is 0 Å². The summed E-state index contributed by atoms with van der Waals surface area (Å²) in [7, 11) is 2.02. The van der Waals surface area contributed by atoms with Crippen molar-refractivity contribution in [2.45, 2.75) is 26.2 Å². The van der Waals surface area contributed by atoms with Crippen molar-refractivity contribution in [2.75, 3.05) is 26.8 Å². The van der Waals surface area contributed by atoms with Crippen LogP contribution in [0.15, 0.2) is 28.7 Å². The van der Waals surface area contributed by atoms with Crippen molar-refractivity contribution in [3.05, 3.63) is 34.3 Å². The van der Waals surface area contributed by atoms with Crippen molar-refractivity contribution < 1.29 is 4.74 Å². The van der Waals surface area contributed by atoms with Crippen molar-refractivity contribution in [3.63, 3.8) is 0 Å². The molecule has 1 atom stereocenters. The maximum absolute atomic E-state index is 5.40. The second-order valence-electron chi connectivity index (χ2n) is 4.59. The molecule has 1 unspecified atom stereocenters. The van der Waals surface area contributed by atoms with E-state index in [1.165, 1.54) is 12.0 Å². The Morgan fingerprint density at radius 2 is 2.00 bits per heavy atom. The minimum atomic E-state index is 0.691. The number of halogens is 1. The topological polar surface area (TPSA) is 21.3 Å². The average molecular weight is 314 g/mol. The lowest BCUT2D eigenvalue weighted by molar-refractivity contribution is 0.139. The molecule has 1 aromatic rings. The molecule has 0 radical (unpaired) electrons. The van der Waals surface area contributed by atoms with Gasteiger partial charge in [0.2, 0.25) is 0 Å². The third-order valence-electron chi connectivity index (χ3n) is 3.04. The van der Waals surface area contributed by atoms with E-state index in [1.807, 2.05) is 14.0 Å². The van der Waals surface area contributed by atoms with E-state index in [4.69, 9.17) is 4.74 Å². The van der Waals surface area contributed by atoms with E-state index in [1.54, 1.807) is 0 Å². The normalized spacial score (nSPS) is 12.6. The van der Waals surface area contributed by atoms with Gasteiger partial charge in [-0.25, -0.2) is 0 Å². The molecule has 0 spiro atoms. The molecular weight excluding hydrogens is 290 g/mol. The molecule has 0 aliphatic rings. The maximum atomic E-state index is 5.40. The smallest absolute Gasteiger partial charge is 0.0466 e. The number of hydrogen-bond donors (Lipinski definition) is 1. The minimum Gasteiger partial charge on any atom is -0.382 e. The number of benzene rings is 1. The molecule has 0 aromatic heterocycles. The Morgan fingerprint density at radius 3 is 2.61 bits per heavy atom. The third-order valence-corrected chi connectivity index (χ3v) is 3.56. The molecule has 0 bridgehead atoms. The minimum absolute atomic E-state index is 0.691. The first-order valence-corrected chi connectivity index (χ1v) is 7.52. The lowest BCUT2D eigenvalue weighted by Crippen LogP contribution is -2.21. The van der Waals surface area contributed by atoms with Crippen molar-refractivity contribution >= 4 is 15.9 Å². The molecule has 1 rings (SSSR count). The Hall–Kier alpha value is -0.380. The monoisotopic (exact) mass is 313 g/mol. The summed E-state index contributed by atoms with van der Waals surface area (Å²) in [4.78, 5) is 0. The highest BCUT2D eigenvalue weighted by molar-refractivity contribution is 9.10. The molecule has 0 fully saturated rings. The molecule has 0 aliphatic heterocycles. The highest BCUT2D eigenvalue weighted by Crippen LogP contribution is 2.16. The first kappa shape index (κ1) is 15.7. The maximum Gasteiger partial charge on any atom is 0.0466 e. The molecule has 1 aromatic carbocycles. The van der Waals surface area contributed by atoms with Crippen LogP contribution >= 0.6 is 15.9 Å². The van der Waals surface area contributed by atoms with Gasteiger partial charge in [-0.15, -0.1) is 0 Å². The zero-order chi connectivity index (χ0) is 13.2. The summed E-state index contributed by atoms with van der Waals surface area (Å²) in [5, 5.41) is 3.29. The van der Waals surface area contributed by atoms with E-state index in [9.17, 15) is 0 Å². The van der Waals surface area contributed by atoms with E-state index < -0.39 is 0 Å². The van der Waals surface area contributed by atoms with Crippen molar-refractivity contribution in [1.82, 2.24) is 5.32 Å². The summed E-state index contributed by atoms with van der Waals surface area (Å²) in [5.74, 6) is 0.691. The second-order valence-corrected chi connectivity index (χ2v) is 5.51. The first-order valence-electron chi connectivity index (χ1n) is 6.73.